The number of aliphatic hydroxyl groups is 2. The number of carbonyl (C=O) groups is 1. The number of carbonyl (C=O) groups excluding carboxylic acids is 1. The van der Waals surface area contributed by atoms with E-state index in [2.05, 4.69) is 0 Å². The summed E-state index contributed by atoms with van der Waals surface area (Å²) in [6, 6.07) is 9.68. The highest BCUT2D eigenvalue weighted by molar-refractivity contribution is 5.73. The highest BCUT2D eigenvalue weighted by atomic mass is 16.3. The first-order valence-corrected chi connectivity index (χ1v) is 9.75. The van der Waals surface area contributed by atoms with Crippen molar-refractivity contribution in [3.8, 4) is 0 Å². The molecule has 1 amide bonds. The molecule has 4 nitrogen and oxygen atoms in total. The molecule has 0 aliphatic rings. The molecule has 0 aliphatic carbocycles. The number of primary amides is 1. The molecule has 4 N–H and O–H groups in total. The van der Waals surface area contributed by atoms with Gasteiger partial charge in [0.05, 0.1) is 5.60 Å². The summed E-state index contributed by atoms with van der Waals surface area (Å²) >= 11 is 0. The second-order valence-electron chi connectivity index (χ2n) is 7.02. The molecule has 0 fully saturated rings. The zero-order valence-electron chi connectivity index (χ0n) is 15.5. The van der Waals surface area contributed by atoms with E-state index in [0.717, 1.165) is 31.2 Å². The maximum absolute atomic E-state index is 10.9. The van der Waals surface area contributed by atoms with Crippen molar-refractivity contribution in [3.63, 3.8) is 0 Å². The van der Waals surface area contributed by atoms with Gasteiger partial charge in [-0.05, 0) is 18.4 Å². The number of unbranched alkanes of at least 4 members (excludes halogenated alkanes) is 8. The number of aliphatic hydroxyl groups excluding tert-OH is 1. The molecule has 0 aromatic heterocycles. The third-order valence-electron chi connectivity index (χ3n) is 4.85. The first-order chi connectivity index (χ1) is 12.1. The molecule has 0 saturated carbocycles. The van der Waals surface area contributed by atoms with E-state index in [0.29, 0.717) is 19.3 Å². The fraction of sp³-hybridized carbons (Fsp3) is 0.667. The molecule has 1 atom stereocenters. The van der Waals surface area contributed by atoms with Crippen LogP contribution in [0, 0.1) is 0 Å². The summed E-state index contributed by atoms with van der Waals surface area (Å²) in [4.78, 5) is 10.6. The van der Waals surface area contributed by atoms with Crippen LogP contribution >= 0.6 is 0 Å². The van der Waals surface area contributed by atoms with Gasteiger partial charge in [-0.1, -0.05) is 81.7 Å². The quantitative estimate of drug-likeness (QED) is 0.418. The number of rotatable bonds is 15. The van der Waals surface area contributed by atoms with E-state index in [1.54, 1.807) is 0 Å². The SMILES string of the molecule is NC(=O)CCCCCCCCCCCC(O)(CCO)c1ccccc1. The molecule has 0 radical (unpaired) electrons. The standard InChI is InChI=1S/C21H35NO3/c22-20(24)15-11-6-4-2-1-3-5-7-12-16-21(25,17-18-23)19-13-9-8-10-14-19/h8-10,13-14,23,25H,1-7,11-12,15-18H2,(H2,22,24). The minimum absolute atomic E-state index is 0.00114. The Morgan fingerprint density at radius 1 is 0.840 bits per heavy atom. The Morgan fingerprint density at radius 3 is 1.88 bits per heavy atom. The Balaban J connectivity index is 2.10. The second kappa shape index (κ2) is 12.9. The van der Waals surface area contributed by atoms with Gasteiger partial charge < -0.3 is 15.9 Å². The smallest absolute Gasteiger partial charge is 0.217 e. The molecule has 1 aromatic carbocycles. The van der Waals surface area contributed by atoms with Gasteiger partial charge in [-0.3, -0.25) is 4.79 Å². The number of hydrogen-bond donors (Lipinski definition) is 3. The predicted molar refractivity (Wildman–Crippen MR) is 102 cm³/mol. The molecule has 1 rings (SSSR count). The van der Waals surface area contributed by atoms with Crippen LogP contribution in [0.2, 0.25) is 0 Å². The van der Waals surface area contributed by atoms with E-state index < -0.39 is 5.60 Å². The largest absolute Gasteiger partial charge is 0.396 e. The normalized spacial score (nSPS) is 13.5. The van der Waals surface area contributed by atoms with Gasteiger partial charge in [-0.2, -0.15) is 0 Å². The summed E-state index contributed by atoms with van der Waals surface area (Å²) in [6.07, 6.45) is 11.7. The lowest BCUT2D eigenvalue weighted by Gasteiger charge is -2.28. The van der Waals surface area contributed by atoms with Crippen molar-refractivity contribution in [2.24, 2.45) is 5.73 Å². The van der Waals surface area contributed by atoms with Crippen molar-refractivity contribution < 1.29 is 15.0 Å². The number of benzene rings is 1. The van der Waals surface area contributed by atoms with Crippen molar-refractivity contribution in [2.75, 3.05) is 6.61 Å². The molecule has 142 valence electrons. The lowest BCUT2D eigenvalue weighted by atomic mass is 9.85. The maximum atomic E-state index is 10.9. The summed E-state index contributed by atoms with van der Waals surface area (Å²) in [5.74, 6) is -0.198. The van der Waals surface area contributed by atoms with Gasteiger partial charge in [0.2, 0.25) is 5.91 Å². The Bertz CT molecular complexity index is 463. The van der Waals surface area contributed by atoms with Gasteiger partial charge in [0, 0.05) is 19.4 Å². The third kappa shape index (κ3) is 9.61. The van der Waals surface area contributed by atoms with Gasteiger partial charge in [-0.25, -0.2) is 0 Å². The van der Waals surface area contributed by atoms with Crippen molar-refractivity contribution in [3.05, 3.63) is 35.9 Å². The van der Waals surface area contributed by atoms with Crippen LogP contribution in [0.4, 0.5) is 0 Å². The first-order valence-electron chi connectivity index (χ1n) is 9.75. The molecular weight excluding hydrogens is 314 g/mol. The molecule has 1 unspecified atom stereocenters. The summed E-state index contributed by atoms with van der Waals surface area (Å²) in [5, 5.41) is 20.1. The molecule has 4 heteroatoms. The van der Waals surface area contributed by atoms with Crippen molar-refractivity contribution in [1.29, 1.82) is 0 Å². The minimum atomic E-state index is -0.906. The summed E-state index contributed by atoms with van der Waals surface area (Å²) in [6.45, 7) is 0.00114. The van der Waals surface area contributed by atoms with Crippen LogP contribution in [-0.2, 0) is 10.4 Å². The fourth-order valence-electron chi connectivity index (χ4n) is 3.30. The van der Waals surface area contributed by atoms with E-state index in [1.807, 2.05) is 30.3 Å². The maximum Gasteiger partial charge on any atom is 0.217 e. The Kier molecular flexibility index (Phi) is 11.2. The van der Waals surface area contributed by atoms with Crippen LogP contribution in [0.15, 0.2) is 30.3 Å². The zero-order chi connectivity index (χ0) is 18.4. The van der Waals surface area contributed by atoms with Crippen molar-refractivity contribution >= 4 is 5.91 Å². The van der Waals surface area contributed by atoms with Crippen LogP contribution in [0.5, 0.6) is 0 Å². The summed E-state index contributed by atoms with van der Waals surface area (Å²) < 4.78 is 0. The highest BCUT2D eigenvalue weighted by Gasteiger charge is 2.27. The zero-order valence-corrected chi connectivity index (χ0v) is 15.5. The van der Waals surface area contributed by atoms with E-state index in [9.17, 15) is 15.0 Å². The second-order valence-corrected chi connectivity index (χ2v) is 7.02. The van der Waals surface area contributed by atoms with E-state index in [-0.39, 0.29) is 12.5 Å². The predicted octanol–water partition coefficient (Wildman–Crippen LogP) is 4.03. The van der Waals surface area contributed by atoms with E-state index in [1.165, 1.54) is 32.1 Å². The first kappa shape index (κ1) is 21.7. The van der Waals surface area contributed by atoms with Gasteiger partial charge in [0.15, 0.2) is 0 Å². The Hall–Kier alpha value is -1.39. The fourth-order valence-corrected chi connectivity index (χ4v) is 3.30. The topological polar surface area (TPSA) is 83.6 Å². The Labute approximate surface area is 152 Å². The minimum Gasteiger partial charge on any atom is -0.396 e. The van der Waals surface area contributed by atoms with Crippen LogP contribution in [0.25, 0.3) is 0 Å². The molecular formula is C21H35NO3. The average Bonchev–Trinajstić information content (AvgIpc) is 2.60. The number of hydrogen-bond acceptors (Lipinski definition) is 3. The van der Waals surface area contributed by atoms with Crippen LogP contribution in [-0.4, -0.2) is 22.7 Å². The van der Waals surface area contributed by atoms with Gasteiger partial charge >= 0.3 is 0 Å². The average molecular weight is 350 g/mol. The van der Waals surface area contributed by atoms with E-state index >= 15 is 0 Å². The van der Waals surface area contributed by atoms with Gasteiger partial charge in [0.1, 0.15) is 0 Å². The third-order valence-corrected chi connectivity index (χ3v) is 4.85. The van der Waals surface area contributed by atoms with E-state index in [4.69, 9.17) is 5.73 Å². The molecule has 0 spiro atoms. The number of amides is 1. The van der Waals surface area contributed by atoms with Crippen LogP contribution < -0.4 is 5.73 Å². The lowest BCUT2D eigenvalue weighted by Crippen LogP contribution is -2.27. The van der Waals surface area contributed by atoms with Crippen LogP contribution in [0.3, 0.4) is 0 Å². The van der Waals surface area contributed by atoms with Crippen molar-refractivity contribution in [1.82, 2.24) is 0 Å². The summed E-state index contributed by atoms with van der Waals surface area (Å²) in [7, 11) is 0. The van der Waals surface area contributed by atoms with Crippen LogP contribution in [0.1, 0.15) is 82.6 Å². The van der Waals surface area contributed by atoms with Crippen molar-refractivity contribution in [2.45, 2.75) is 82.7 Å². The monoisotopic (exact) mass is 349 g/mol. The molecule has 1 aromatic rings. The van der Waals surface area contributed by atoms with Gasteiger partial charge in [0.25, 0.3) is 0 Å². The molecule has 0 aliphatic heterocycles. The molecule has 0 bridgehead atoms. The molecule has 0 heterocycles. The number of nitrogens with two attached hydrogens (primary N) is 1. The van der Waals surface area contributed by atoms with Gasteiger partial charge in [-0.15, -0.1) is 0 Å². The lowest BCUT2D eigenvalue weighted by molar-refractivity contribution is -0.118. The Morgan fingerprint density at radius 2 is 1.36 bits per heavy atom. The summed E-state index contributed by atoms with van der Waals surface area (Å²) in [5.41, 5.74) is 5.11. The molecule has 0 saturated heterocycles. The molecule has 25 heavy (non-hydrogen) atoms. The highest BCUT2D eigenvalue weighted by Crippen LogP contribution is 2.30.